The van der Waals surface area contributed by atoms with Crippen molar-refractivity contribution in [2.75, 3.05) is 37.0 Å². The summed E-state index contributed by atoms with van der Waals surface area (Å²) in [5.74, 6) is -0.695. The van der Waals surface area contributed by atoms with Crippen molar-refractivity contribution in [1.82, 2.24) is 10.6 Å². The highest BCUT2D eigenvalue weighted by Crippen LogP contribution is 2.46. The van der Waals surface area contributed by atoms with E-state index in [0.29, 0.717) is 42.2 Å². The molecule has 2 spiro atoms. The van der Waals surface area contributed by atoms with Gasteiger partial charge in [-0.05, 0) is 53.6 Å². The maximum absolute atomic E-state index is 14.1. The SMILES string of the molecule is CN1CCN(C)c2cc3c(cc21)CC1(C3)NC(=O)C2(Cc3ccc4c5c(ccc(c35)C2)C(=O)C(C)(C)C4=O)NC1=O. The lowest BCUT2D eigenvalue weighted by Crippen LogP contribution is -2.77. The average Bonchev–Trinajstić information content (AvgIpc) is 3.30. The minimum atomic E-state index is -1.13. The maximum atomic E-state index is 14.1. The van der Waals surface area contributed by atoms with Crippen LogP contribution in [-0.2, 0) is 35.3 Å². The van der Waals surface area contributed by atoms with Gasteiger partial charge >= 0.3 is 0 Å². The fraction of sp³-hybridized carbons (Fsp3) is 0.394. The summed E-state index contributed by atoms with van der Waals surface area (Å²) in [6.45, 7) is 5.23. The van der Waals surface area contributed by atoms with Crippen molar-refractivity contribution in [3.05, 3.63) is 69.8 Å². The molecule has 0 saturated carbocycles. The van der Waals surface area contributed by atoms with Gasteiger partial charge in [-0.25, -0.2) is 0 Å². The standard InChI is InChI=1S/C33H32N4O4/c1-31(2)27(38)21-7-5-17-13-32(14-18-6-8-22(28(31)39)26(21)25(17)18)29(40)35-33(30(41)34-32)15-19-11-23-24(12-20(19)16-33)37(4)10-9-36(23)3/h5-8,11-12H,9-10,13-16H2,1-4H3,(H,34,41)(H,35,40). The Bertz CT molecular complexity index is 1700. The molecule has 0 unspecified atom stereocenters. The second kappa shape index (κ2) is 7.55. The molecule has 2 aliphatic heterocycles. The molecule has 208 valence electrons. The van der Waals surface area contributed by atoms with Gasteiger partial charge in [0, 0.05) is 69.4 Å². The van der Waals surface area contributed by atoms with E-state index in [4.69, 9.17) is 0 Å². The van der Waals surface area contributed by atoms with Gasteiger partial charge in [0.05, 0.1) is 16.8 Å². The molecule has 1 saturated heterocycles. The summed E-state index contributed by atoms with van der Waals surface area (Å²) in [5, 5.41) is 7.97. The number of benzene rings is 3. The van der Waals surface area contributed by atoms with Gasteiger partial charge in [0.15, 0.2) is 11.6 Å². The fourth-order valence-electron chi connectivity index (χ4n) is 7.95. The second-order valence-electron chi connectivity index (χ2n) is 13.3. The number of carbonyl (C=O) groups excluding carboxylic acids is 4. The molecule has 41 heavy (non-hydrogen) atoms. The Balaban J connectivity index is 1.15. The molecule has 0 atom stereocenters. The Kier molecular flexibility index (Phi) is 4.52. The summed E-state index contributed by atoms with van der Waals surface area (Å²) in [5.41, 5.74) is 4.10. The molecule has 8 heteroatoms. The summed E-state index contributed by atoms with van der Waals surface area (Å²) in [6, 6.07) is 11.7. The molecule has 5 aliphatic rings. The number of piperazine rings is 1. The Labute approximate surface area is 238 Å². The van der Waals surface area contributed by atoms with Crippen molar-refractivity contribution in [3.63, 3.8) is 0 Å². The number of amides is 2. The zero-order chi connectivity index (χ0) is 28.6. The topological polar surface area (TPSA) is 98.8 Å². The van der Waals surface area contributed by atoms with E-state index in [1.54, 1.807) is 26.0 Å². The van der Waals surface area contributed by atoms with Gasteiger partial charge in [-0.2, -0.15) is 0 Å². The molecule has 0 radical (unpaired) electrons. The maximum Gasteiger partial charge on any atom is 0.247 e. The van der Waals surface area contributed by atoms with Crippen LogP contribution in [0.5, 0.6) is 0 Å². The average molecular weight is 549 g/mol. The van der Waals surface area contributed by atoms with Crippen molar-refractivity contribution < 1.29 is 19.2 Å². The van der Waals surface area contributed by atoms with E-state index in [9.17, 15) is 19.2 Å². The zero-order valence-electron chi connectivity index (χ0n) is 23.7. The van der Waals surface area contributed by atoms with E-state index in [2.05, 4.69) is 46.7 Å². The summed E-state index contributed by atoms with van der Waals surface area (Å²) in [7, 11) is 4.18. The van der Waals surface area contributed by atoms with Gasteiger partial charge in [0.2, 0.25) is 11.8 Å². The second-order valence-corrected chi connectivity index (χ2v) is 13.3. The van der Waals surface area contributed by atoms with Crippen LogP contribution < -0.4 is 20.4 Å². The van der Waals surface area contributed by atoms with Crippen molar-refractivity contribution in [3.8, 4) is 0 Å². The van der Waals surface area contributed by atoms with Crippen LogP contribution in [0.2, 0.25) is 0 Å². The van der Waals surface area contributed by atoms with Crippen molar-refractivity contribution in [2.45, 2.75) is 50.6 Å². The van der Waals surface area contributed by atoms with Gasteiger partial charge in [-0.3, -0.25) is 19.2 Å². The predicted octanol–water partition coefficient (Wildman–Crippen LogP) is 2.75. The molecule has 8 rings (SSSR count). The van der Waals surface area contributed by atoms with E-state index in [-0.39, 0.29) is 23.4 Å². The first-order valence-electron chi connectivity index (χ1n) is 14.3. The van der Waals surface area contributed by atoms with Crippen LogP contribution in [0.3, 0.4) is 0 Å². The number of rotatable bonds is 0. The number of likely N-dealkylation sites (N-methyl/N-ethyl adjacent to an activating group) is 2. The molecular weight excluding hydrogens is 516 g/mol. The Morgan fingerprint density at radius 1 is 0.610 bits per heavy atom. The molecular formula is C33H32N4O4. The van der Waals surface area contributed by atoms with E-state index >= 15 is 0 Å². The van der Waals surface area contributed by atoms with Gasteiger partial charge in [0.25, 0.3) is 0 Å². The van der Waals surface area contributed by atoms with Crippen LogP contribution in [0, 0.1) is 5.41 Å². The number of carbonyl (C=O) groups is 4. The fourth-order valence-corrected chi connectivity index (χ4v) is 7.95. The molecule has 3 aromatic carbocycles. The third-order valence-electron chi connectivity index (χ3n) is 10.4. The van der Waals surface area contributed by atoms with Crippen molar-refractivity contribution >= 4 is 45.5 Å². The van der Waals surface area contributed by atoms with Crippen LogP contribution in [0.4, 0.5) is 11.4 Å². The first kappa shape index (κ1) is 24.6. The highest BCUT2D eigenvalue weighted by molar-refractivity contribution is 6.32. The Morgan fingerprint density at radius 2 is 1.02 bits per heavy atom. The van der Waals surface area contributed by atoms with E-state index < -0.39 is 16.5 Å². The van der Waals surface area contributed by atoms with Crippen LogP contribution in [0.15, 0.2) is 36.4 Å². The molecule has 8 nitrogen and oxygen atoms in total. The third-order valence-corrected chi connectivity index (χ3v) is 10.4. The third kappa shape index (κ3) is 3.00. The van der Waals surface area contributed by atoms with Gasteiger partial charge in [0.1, 0.15) is 11.1 Å². The largest absolute Gasteiger partial charge is 0.371 e. The summed E-state index contributed by atoms with van der Waals surface area (Å²) >= 11 is 0. The predicted molar refractivity (Wildman–Crippen MR) is 156 cm³/mol. The number of hydrogen-bond donors (Lipinski definition) is 2. The summed E-state index contributed by atoms with van der Waals surface area (Å²) in [6.07, 6.45) is 1.52. The lowest BCUT2D eigenvalue weighted by molar-refractivity contribution is -0.146. The molecule has 2 heterocycles. The van der Waals surface area contributed by atoms with Crippen LogP contribution in [-0.4, -0.2) is 61.6 Å². The Morgan fingerprint density at radius 3 is 1.46 bits per heavy atom. The quantitative estimate of drug-likeness (QED) is 0.420. The molecule has 3 aliphatic carbocycles. The van der Waals surface area contributed by atoms with Gasteiger partial charge in [-0.15, -0.1) is 0 Å². The molecule has 1 fully saturated rings. The lowest BCUT2D eigenvalue weighted by atomic mass is 9.67. The monoisotopic (exact) mass is 548 g/mol. The van der Waals surface area contributed by atoms with E-state index in [1.807, 2.05) is 12.1 Å². The molecule has 2 amide bonds. The molecule has 2 N–H and O–H groups in total. The van der Waals surface area contributed by atoms with Crippen LogP contribution >= 0.6 is 0 Å². The highest BCUT2D eigenvalue weighted by atomic mass is 16.2. The number of nitrogens with zero attached hydrogens (tertiary/aromatic N) is 2. The number of nitrogens with one attached hydrogen (secondary N) is 2. The van der Waals surface area contributed by atoms with E-state index in [1.165, 1.54) is 0 Å². The molecule has 3 aromatic rings. The van der Waals surface area contributed by atoms with Crippen molar-refractivity contribution in [1.29, 1.82) is 0 Å². The number of anilines is 2. The van der Waals surface area contributed by atoms with Crippen LogP contribution in [0.1, 0.15) is 56.8 Å². The summed E-state index contributed by atoms with van der Waals surface area (Å²) < 4.78 is 0. The van der Waals surface area contributed by atoms with Gasteiger partial charge in [-0.1, -0.05) is 24.3 Å². The van der Waals surface area contributed by atoms with Gasteiger partial charge < -0.3 is 20.4 Å². The summed E-state index contributed by atoms with van der Waals surface area (Å²) in [4.78, 5) is 59.1. The zero-order valence-corrected chi connectivity index (χ0v) is 23.7. The number of Topliss-reactive ketones (excluding diaryl/α,β-unsaturated/α-hetero) is 2. The first-order valence-corrected chi connectivity index (χ1v) is 14.3. The number of fused-ring (bicyclic) bond motifs is 2. The van der Waals surface area contributed by atoms with E-state index in [0.717, 1.165) is 52.1 Å². The molecule has 0 bridgehead atoms. The lowest BCUT2D eigenvalue weighted by Gasteiger charge is -2.47. The number of ketones is 2. The highest BCUT2D eigenvalue weighted by Gasteiger charge is 2.57. The normalized spacial score (nSPS) is 22.6. The molecule has 0 aromatic heterocycles. The minimum absolute atomic E-state index is 0.158. The smallest absolute Gasteiger partial charge is 0.247 e. The van der Waals surface area contributed by atoms with Crippen LogP contribution in [0.25, 0.3) is 10.8 Å². The first-order chi connectivity index (χ1) is 19.4. The Hall–Kier alpha value is -4.20. The van der Waals surface area contributed by atoms with Crippen molar-refractivity contribution in [2.24, 2.45) is 5.41 Å². The minimum Gasteiger partial charge on any atom is -0.371 e. The number of hydrogen-bond acceptors (Lipinski definition) is 6.